The predicted octanol–water partition coefficient (Wildman–Crippen LogP) is 1.32. The fourth-order valence-electron chi connectivity index (χ4n) is 3.13. The molecule has 0 fully saturated rings. The van der Waals surface area contributed by atoms with Crippen LogP contribution in [0.2, 0.25) is 0 Å². The molecule has 1 aromatic heterocycles. The summed E-state index contributed by atoms with van der Waals surface area (Å²) in [4.78, 5) is 38.0. The maximum atomic E-state index is 12.9. The van der Waals surface area contributed by atoms with Gasteiger partial charge in [0.25, 0.3) is 0 Å². The predicted molar refractivity (Wildman–Crippen MR) is 99.6 cm³/mol. The number of alkyl halides is 1. The number of fused-ring (bicyclic) bond motifs is 1. The van der Waals surface area contributed by atoms with Gasteiger partial charge in [0, 0.05) is 12.4 Å². The van der Waals surface area contributed by atoms with Gasteiger partial charge in [0.1, 0.15) is 5.75 Å². The van der Waals surface area contributed by atoms with Crippen molar-refractivity contribution in [2.24, 2.45) is 0 Å². The highest BCUT2D eigenvalue weighted by Crippen LogP contribution is 2.27. The molecular weight excluding hydrogens is 374 g/mol. The van der Waals surface area contributed by atoms with Crippen molar-refractivity contribution in [1.29, 1.82) is 0 Å². The molecule has 144 valence electrons. The van der Waals surface area contributed by atoms with E-state index in [4.69, 9.17) is 21.1 Å². The van der Waals surface area contributed by atoms with E-state index in [0.717, 1.165) is 14.8 Å². The summed E-state index contributed by atoms with van der Waals surface area (Å²) in [5, 5.41) is 0. The van der Waals surface area contributed by atoms with E-state index in [0.29, 0.717) is 5.75 Å². The second-order valence-electron chi connectivity index (χ2n) is 5.89. The molecule has 1 aliphatic rings. The molecule has 0 radical (unpaired) electrons. The van der Waals surface area contributed by atoms with Crippen molar-refractivity contribution >= 4 is 17.6 Å². The minimum Gasteiger partial charge on any atom is -0.497 e. The monoisotopic (exact) mass is 393 g/mol. The fourth-order valence-corrected chi connectivity index (χ4v) is 3.30. The lowest BCUT2D eigenvalue weighted by atomic mass is 10.0. The van der Waals surface area contributed by atoms with Crippen molar-refractivity contribution in [3.63, 3.8) is 0 Å². The van der Waals surface area contributed by atoms with Gasteiger partial charge in [-0.25, -0.2) is 28.3 Å². The molecule has 9 heteroatoms. The Balaban J connectivity index is 2.17. The van der Waals surface area contributed by atoms with E-state index < -0.39 is 29.4 Å². The van der Waals surface area contributed by atoms with Gasteiger partial charge in [-0.15, -0.1) is 11.6 Å². The number of rotatable bonds is 6. The molecule has 0 saturated heterocycles. The Kier molecular flexibility index (Phi) is 5.55. The van der Waals surface area contributed by atoms with E-state index in [-0.39, 0.29) is 19.0 Å². The van der Waals surface area contributed by atoms with E-state index in [1.54, 1.807) is 50.5 Å². The molecule has 0 N–H and O–H groups in total. The molecule has 0 aliphatic carbocycles. The lowest BCUT2D eigenvalue weighted by Gasteiger charge is -2.26. The number of carbonyl (C=O) groups excluding carboxylic acids is 1. The van der Waals surface area contributed by atoms with Crippen molar-refractivity contribution in [2.75, 3.05) is 19.6 Å². The minimum atomic E-state index is -1.00. The Morgan fingerprint density at radius 1 is 1.11 bits per heavy atom. The molecule has 2 atom stereocenters. The molecule has 2 aromatic rings. The first-order chi connectivity index (χ1) is 13.0. The summed E-state index contributed by atoms with van der Waals surface area (Å²) in [7, 11) is 1.56. The summed E-state index contributed by atoms with van der Waals surface area (Å²) in [6.45, 7) is 1.91. The van der Waals surface area contributed by atoms with E-state index in [1.165, 1.54) is 4.68 Å². The number of aromatic nitrogens is 3. The number of hydrogen-bond acceptors (Lipinski definition) is 5. The molecule has 0 amide bonds. The van der Waals surface area contributed by atoms with Crippen LogP contribution >= 0.6 is 11.6 Å². The SMILES string of the molecule is CCOC(=O)[C@H]1C=C[C@@H](c2ccc(OC)cc2)n2c(=O)n(CCCl)c(=O)n21. The first-order valence-corrected chi connectivity index (χ1v) is 9.05. The molecule has 3 rings (SSSR count). The molecule has 8 nitrogen and oxygen atoms in total. The summed E-state index contributed by atoms with van der Waals surface area (Å²) in [6, 6.07) is 5.60. The zero-order chi connectivity index (χ0) is 19.6. The second-order valence-corrected chi connectivity index (χ2v) is 6.27. The lowest BCUT2D eigenvalue weighted by Crippen LogP contribution is -2.39. The maximum Gasteiger partial charge on any atom is 0.348 e. The van der Waals surface area contributed by atoms with Crippen molar-refractivity contribution in [1.82, 2.24) is 13.9 Å². The molecule has 0 saturated carbocycles. The summed E-state index contributed by atoms with van der Waals surface area (Å²) < 4.78 is 13.7. The third-order valence-corrected chi connectivity index (χ3v) is 4.55. The van der Waals surface area contributed by atoms with E-state index >= 15 is 0 Å². The zero-order valence-electron chi connectivity index (χ0n) is 15.0. The third-order valence-electron chi connectivity index (χ3n) is 4.38. The van der Waals surface area contributed by atoms with Crippen molar-refractivity contribution in [3.8, 4) is 5.75 Å². The standard InChI is InChI=1S/C18H20ClN3O5/c1-3-27-16(23)15-9-8-14(12-4-6-13(26-2)7-5-12)21-17(24)20(11-10-19)18(25)22(15)21/h4-9,14-15H,3,10-11H2,1-2H3/t14-,15+/m0/s1. The normalized spacial score (nSPS) is 18.2. The van der Waals surface area contributed by atoms with Crippen LogP contribution in [0.3, 0.4) is 0 Å². The van der Waals surface area contributed by atoms with Crippen LogP contribution in [0.5, 0.6) is 5.75 Å². The van der Waals surface area contributed by atoms with Crippen LogP contribution in [0.15, 0.2) is 46.0 Å². The quantitative estimate of drug-likeness (QED) is 0.420. The molecular formula is C18H20ClN3O5. The highest BCUT2D eigenvalue weighted by molar-refractivity contribution is 6.17. The van der Waals surface area contributed by atoms with Gasteiger partial charge < -0.3 is 9.47 Å². The molecule has 27 heavy (non-hydrogen) atoms. The minimum absolute atomic E-state index is 0.0527. The Morgan fingerprint density at radius 2 is 1.78 bits per heavy atom. The Hall–Kier alpha value is -2.74. The highest BCUT2D eigenvalue weighted by atomic mass is 35.5. The van der Waals surface area contributed by atoms with Gasteiger partial charge in [0.05, 0.1) is 19.8 Å². The molecule has 0 unspecified atom stereocenters. The van der Waals surface area contributed by atoms with E-state index in [9.17, 15) is 14.4 Å². The number of allylic oxidation sites excluding steroid dienone is 1. The number of hydrogen-bond donors (Lipinski definition) is 0. The van der Waals surface area contributed by atoms with Gasteiger partial charge in [-0.1, -0.05) is 24.3 Å². The summed E-state index contributed by atoms with van der Waals surface area (Å²) in [5.74, 6) is 0.178. The van der Waals surface area contributed by atoms with Crippen LogP contribution in [0.25, 0.3) is 0 Å². The lowest BCUT2D eigenvalue weighted by molar-refractivity contribution is -0.146. The van der Waals surface area contributed by atoms with Gasteiger partial charge in [-0.3, -0.25) is 0 Å². The number of benzene rings is 1. The average Bonchev–Trinajstić information content (AvgIpc) is 2.93. The topological polar surface area (TPSA) is 84.5 Å². The zero-order valence-corrected chi connectivity index (χ0v) is 15.8. The number of esters is 1. The second kappa shape index (κ2) is 7.87. The largest absolute Gasteiger partial charge is 0.497 e. The maximum absolute atomic E-state index is 12.9. The van der Waals surface area contributed by atoms with Gasteiger partial charge in [-0.05, 0) is 24.6 Å². The van der Waals surface area contributed by atoms with Crippen molar-refractivity contribution < 1.29 is 14.3 Å². The van der Waals surface area contributed by atoms with Gasteiger partial charge in [0.2, 0.25) is 0 Å². The van der Waals surface area contributed by atoms with Crippen LogP contribution in [-0.2, 0) is 16.1 Å². The molecule has 1 aromatic carbocycles. The van der Waals surface area contributed by atoms with Crippen molar-refractivity contribution in [2.45, 2.75) is 25.6 Å². The number of ether oxygens (including phenoxy) is 2. The Morgan fingerprint density at radius 3 is 2.37 bits per heavy atom. The number of methoxy groups -OCH3 is 1. The van der Waals surface area contributed by atoms with Gasteiger partial charge in [-0.2, -0.15) is 0 Å². The smallest absolute Gasteiger partial charge is 0.348 e. The summed E-state index contributed by atoms with van der Waals surface area (Å²) in [5.41, 5.74) is -0.352. The summed E-state index contributed by atoms with van der Waals surface area (Å²) >= 11 is 5.74. The fraction of sp³-hybridized carbons (Fsp3) is 0.389. The van der Waals surface area contributed by atoms with E-state index in [2.05, 4.69) is 0 Å². The van der Waals surface area contributed by atoms with Crippen molar-refractivity contribution in [3.05, 3.63) is 62.9 Å². The third kappa shape index (κ3) is 3.32. The van der Waals surface area contributed by atoms with Crippen LogP contribution in [0.1, 0.15) is 24.6 Å². The average molecular weight is 394 g/mol. The van der Waals surface area contributed by atoms with Crippen LogP contribution in [0, 0.1) is 0 Å². The number of carbonyl (C=O) groups is 1. The Bertz CT molecular complexity index is 970. The molecule has 1 aliphatic heterocycles. The van der Waals surface area contributed by atoms with Gasteiger partial charge in [0.15, 0.2) is 6.04 Å². The molecule has 0 spiro atoms. The number of nitrogens with zero attached hydrogens (tertiary/aromatic N) is 3. The van der Waals surface area contributed by atoms with Crippen LogP contribution in [0.4, 0.5) is 0 Å². The number of halogens is 1. The van der Waals surface area contributed by atoms with E-state index in [1.807, 2.05) is 0 Å². The molecule has 0 bridgehead atoms. The first-order valence-electron chi connectivity index (χ1n) is 8.52. The van der Waals surface area contributed by atoms with Gasteiger partial charge >= 0.3 is 17.3 Å². The first kappa shape index (κ1) is 19.0. The van der Waals surface area contributed by atoms with Crippen LogP contribution in [-0.4, -0.2) is 39.5 Å². The molecule has 2 heterocycles. The van der Waals surface area contributed by atoms with Crippen LogP contribution < -0.4 is 16.1 Å². The summed E-state index contributed by atoms with van der Waals surface area (Å²) in [6.07, 6.45) is 3.30. The Labute approximate surface area is 160 Å². The highest BCUT2D eigenvalue weighted by Gasteiger charge is 2.33.